The van der Waals surface area contributed by atoms with Gasteiger partial charge in [-0.15, -0.1) is 0 Å². The second-order valence-corrected chi connectivity index (χ2v) is 6.58. The number of hydrogen-bond donors (Lipinski definition) is 1. The van der Waals surface area contributed by atoms with Crippen molar-refractivity contribution < 1.29 is 4.74 Å². The molecule has 0 spiro atoms. The van der Waals surface area contributed by atoms with Crippen LogP contribution in [0.4, 0.5) is 11.6 Å². The Morgan fingerprint density at radius 1 is 1.27 bits per heavy atom. The molecule has 3 aromatic rings. The Morgan fingerprint density at radius 2 is 2.04 bits per heavy atom. The van der Waals surface area contributed by atoms with Crippen molar-refractivity contribution >= 4 is 28.9 Å². The summed E-state index contributed by atoms with van der Waals surface area (Å²) in [5.74, 6) is 2.21. The van der Waals surface area contributed by atoms with Gasteiger partial charge in [-0.3, -0.25) is 0 Å². The number of nitrogen functional groups attached to an aromatic ring is 1. The number of halogens is 1. The lowest BCUT2D eigenvalue weighted by Crippen LogP contribution is -2.27. The van der Waals surface area contributed by atoms with E-state index in [1.807, 2.05) is 29.6 Å². The first-order chi connectivity index (χ1) is 12.5. The second kappa shape index (κ2) is 7.41. The third-order valence-electron chi connectivity index (χ3n) is 4.47. The predicted molar refractivity (Wildman–Crippen MR) is 107 cm³/mol. The molecule has 2 heterocycles. The van der Waals surface area contributed by atoms with Crippen molar-refractivity contribution in [3.8, 4) is 17.0 Å². The Hall–Kier alpha value is -2.47. The Balaban J connectivity index is 2.20. The summed E-state index contributed by atoms with van der Waals surface area (Å²) >= 11 is 6.43. The number of fused-ring (bicyclic) bond motifs is 1. The molecule has 0 radical (unpaired) electrons. The van der Waals surface area contributed by atoms with E-state index in [2.05, 4.69) is 23.7 Å². The van der Waals surface area contributed by atoms with Crippen LogP contribution in [0.2, 0.25) is 5.02 Å². The van der Waals surface area contributed by atoms with Gasteiger partial charge in [0.25, 0.3) is 0 Å². The first kappa shape index (κ1) is 18.3. The van der Waals surface area contributed by atoms with Crippen LogP contribution in [0.1, 0.15) is 25.8 Å². The van der Waals surface area contributed by atoms with Crippen molar-refractivity contribution in [1.82, 2.24) is 14.6 Å². The molecule has 2 N–H and O–H groups in total. The molecule has 1 aromatic carbocycles. The Labute approximate surface area is 158 Å². The van der Waals surface area contributed by atoms with Crippen molar-refractivity contribution in [2.75, 3.05) is 30.8 Å². The first-order valence-electron chi connectivity index (χ1n) is 8.74. The minimum atomic E-state index is 0.523. The molecule has 0 fully saturated rings. The first-order valence-corrected chi connectivity index (χ1v) is 9.12. The maximum atomic E-state index is 6.43. The number of nitrogens with zero attached hydrogens (tertiary/aromatic N) is 4. The molecular weight excluding hydrogens is 350 g/mol. The molecule has 0 atom stereocenters. The van der Waals surface area contributed by atoms with Gasteiger partial charge in [-0.25, -0.2) is 4.98 Å². The van der Waals surface area contributed by atoms with Gasteiger partial charge in [-0.2, -0.15) is 9.61 Å². The van der Waals surface area contributed by atoms with Crippen LogP contribution in [0.15, 0.2) is 24.3 Å². The van der Waals surface area contributed by atoms with Crippen LogP contribution < -0.4 is 15.4 Å². The lowest BCUT2D eigenvalue weighted by Gasteiger charge is -2.25. The molecule has 6 nitrogen and oxygen atoms in total. The molecule has 2 aromatic heterocycles. The molecule has 0 bridgehead atoms. The zero-order valence-corrected chi connectivity index (χ0v) is 16.3. The zero-order chi connectivity index (χ0) is 18.8. The fraction of sp³-hybridized carbons (Fsp3) is 0.368. The summed E-state index contributed by atoms with van der Waals surface area (Å²) in [4.78, 5) is 6.78. The van der Waals surface area contributed by atoms with E-state index in [0.29, 0.717) is 22.2 Å². The summed E-state index contributed by atoms with van der Waals surface area (Å²) in [5.41, 5.74) is 9.40. The maximum Gasteiger partial charge on any atom is 0.160 e. The average Bonchev–Trinajstić information content (AvgIpc) is 3.04. The summed E-state index contributed by atoms with van der Waals surface area (Å²) < 4.78 is 7.08. The van der Waals surface area contributed by atoms with Crippen LogP contribution in [0, 0.1) is 6.92 Å². The van der Waals surface area contributed by atoms with Crippen molar-refractivity contribution in [3.63, 3.8) is 0 Å². The predicted octanol–water partition coefficient (Wildman–Crippen LogP) is 4.19. The molecule has 0 saturated heterocycles. The molecular formula is C19H24ClN5O. The molecule has 7 heteroatoms. The van der Waals surface area contributed by atoms with Gasteiger partial charge < -0.3 is 15.4 Å². The minimum absolute atomic E-state index is 0.523. The average molecular weight is 374 g/mol. The molecule has 0 aliphatic carbocycles. The number of methoxy groups -OCH3 is 1. The van der Waals surface area contributed by atoms with Gasteiger partial charge in [0.05, 0.1) is 17.8 Å². The fourth-order valence-corrected chi connectivity index (χ4v) is 3.37. The van der Waals surface area contributed by atoms with Gasteiger partial charge >= 0.3 is 0 Å². The Kier molecular flexibility index (Phi) is 5.23. The minimum Gasteiger partial charge on any atom is -0.497 e. The molecule has 0 aliphatic heterocycles. The number of anilines is 2. The van der Waals surface area contributed by atoms with Crippen LogP contribution in [0.25, 0.3) is 16.9 Å². The molecule has 0 unspecified atom stereocenters. The van der Waals surface area contributed by atoms with Crippen molar-refractivity contribution in [2.45, 2.75) is 27.2 Å². The van der Waals surface area contributed by atoms with E-state index in [-0.39, 0.29) is 0 Å². The SMILES string of the molecule is CCCN(CC)c1c(C)c(N)nc2cc(-c3ccc(OC)cc3Cl)nn12. The summed E-state index contributed by atoms with van der Waals surface area (Å²) in [6.45, 7) is 8.06. The van der Waals surface area contributed by atoms with Gasteiger partial charge in [0.2, 0.25) is 0 Å². The molecule has 0 aliphatic rings. The van der Waals surface area contributed by atoms with Gasteiger partial charge in [0, 0.05) is 30.3 Å². The lowest BCUT2D eigenvalue weighted by molar-refractivity contribution is 0.415. The molecule has 0 amide bonds. The second-order valence-electron chi connectivity index (χ2n) is 6.17. The third-order valence-corrected chi connectivity index (χ3v) is 4.79. The summed E-state index contributed by atoms with van der Waals surface area (Å²) in [6.07, 6.45) is 1.04. The van der Waals surface area contributed by atoms with Crippen molar-refractivity contribution in [1.29, 1.82) is 0 Å². The van der Waals surface area contributed by atoms with E-state index < -0.39 is 0 Å². The topological polar surface area (TPSA) is 68.7 Å². The number of hydrogen-bond acceptors (Lipinski definition) is 5. The van der Waals surface area contributed by atoms with Crippen LogP contribution in [-0.4, -0.2) is 34.8 Å². The quantitative estimate of drug-likeness (QED) is 0.701. The summed E-state index contributed by atoms with van der Waals surface area (Å²) in [5, 5.41) is 5.37. The van der Waals surface area contributed by atoms with Crippen LogP contribution >= 0.6 is 11.6 Å². The maximum absolute atomic E-state index is 6.43. The van der Waals surface area contributed by atoms with Gasteiger partial charge in [-0.05, 0) is 38.5 Å². The van der Waals surface area contributed by atoms with E-state index in [4.69, 9.17) is 27.2 Å². The van der Waals surface area contributed by atoms with E-state index in [1.165, 1.54) is 0 Å². The summed E-state index contributed by atoms with van der Waals surface area (Å²) in [6, 6.07) is 7.47. The number of nitrogens with two attached hydrogens (primary N) is 1. The molecule has 138 valence electrons. The van der Waals surface area contributed by atoms with Crippen molar-refractivity contribution in [2.24, 2.45) is 0 Å². The van der Waals surface area contributed by atoms with E-state index in [9.17, 15) is 0 Å². The highest BCUT2D eigenvalue weighted by molar-refractivity contribution is 6.33. The molecule has 26 heavy (non-hydrogen) atoms. The number of aromatic nitrogens is 3. The van der Waals surface area contributed by atoms with E-state index in [0.717, 1.165) is 42.1 Å². The van der Waals surface area contributed by atoms with Gasteiger partial charge in [0.1, 0.15) is 17.4 Å². The third kappa shape index (κ3) is 3.17. The number of rotatable bonds is 6. The highest BCUT2D eigenvalue weighted by atomic mass is 35.5. The molecule has 0 saturated carbocycles. The number of benzene rings is 1. The van der Waals surface area contributed by atoms with Crippen LogP contribution in [0.3, 0.4) is 0 Å². The Bertz CT molecular complexity index is 937. The zero-order valence-electron chi connectivity index (χ0n) is 15.6. The standard InChI is InChI=1S/C19H24ClN5O/c1-5-9-24(6-2)19-12(3)18(21)22-17-11-16(23-25(17)19)14-8-7-13(26-4)10-15(14)20/h7-8,10-11H,5-6,9H2,1-4H3,(H2,21,22). The highest BCUT2D eigenvalue weighted by Gasteiger charge is 2.19. The van der Waals surface area contributed by atoms with E-state index >= 15 is 0 Å². The highest BCUT2D eigenvalue weighted by Crippen LogP contribution is 2.33. The smallest absolute Gasteiger partial charge is 0.160 e. The van der Waals surface area contributed by atoms with Crippen LogP contribution in [0.5, 0.6) is 5.75 Å². The lowest BCUT2D eigenvalue weighted by atomic mass is 10.1. The van der Waals surface area contributed by atoms with E-state index in [1.54, 1.807) is 13.2 Å². The normalized spacial score (nSPS) is 11.1. The van der Waals surface area contributed by atoms with Crippen molar-refractivity contribution in [3.05, 3.63) is 34.9 Å². The van der Waals surface area contributed by atoms with Gasteiger partial charge in [-0.1, -0.05) is 18.5 Å². The largest absolute Gasteiger partial charge is 0.497 e. The van der Waals surface area contributed by atoms with Crippen LogP contribution in [-0.2, 0) is 0 Å². The van der Waals surface area contributed by atoms with Gasteiger partial charge in [0.15, 0.2) is 5.65 Å². The monoisotopic (exact) mass is 373 g/mol. The molecule has 3 rings (SSSR count). The number of ether oxygens (including phenoxy) is 1. The summed E-state index contributed by atoms with van der Waals surface area (Å²) in [7, 11) is 1.62. The fourth-order valence-electron chi connectivity index (χ4n) is 3.10. The Morgan fingerprint density at radius 3 is 2.65 bits per heavy atom.